The standard InChI is InChI=1S/C22H17As/c1-2-10-20(11-3-1)23-16-14-18-8-4-6-12-21(18)22-13-7-5-9-19(22)15-17-23/h1-17H. The summed E-state index contributed by atoms with van der Waals surface area (Å²) in [5, 5.41) is 0. The van der Waals surface area contributed by atoms with E-state index in [0.29, 0.717) is 0 Å². The number of fused-ring (bicyclic) bond motifs is 3. The van der Waals surface area contributed by atoms with Crippen LogP contribution in [0.25, 0.3) is 23.3 Å². The van der Waals surface area contributed by atoms with Crippen molar-refractivity contribution in [2.75, 3.05) is 0 Å². The van der Waals surface area contributed by atoms with Crippen molar-refractivity contribution in [2.45, 2.75) is 0 Å². The van der Waals surface area contributed by atoms with Gasteiger partial charge in [-0.15, -0.1) is 0 Å². The SMILES string of the molecule is C1=C[As](c2ccccc2)C=Cc2ccccc2-c2ccccc21. The summed E-state index contributed by atoms with van der Waals surface area (Å²) < 4.78 is 1.46. The van der Waals surface area contributed by atoms with Crippen LogP contribution < -0.4 is 4.35 Å². The topological polar surface area (TPSA) is 0 Å². The first-order valence-corrected chi connectivity index (χ1v) is 10.9. The molecule has 0 aliphatic carbocycles. The van der Waals surface area contributed by atoms with Crippen LogP contribution in [0.1, 0.15) is 11.1 Å². The van der Waals surface area contributed by atoms with Crippen LogP contribution >= 0.6 is 0 Å². The molecule has 4 rings (SSSR count). The average molecular weight is 356 g/mol. The van der Waals surface area contributed by atoms with Gasteiger partial charge in [0.05, 0.1) is 0 Å². The zero-order chi connectivity index (χ0) is 15.5. The molecule has 0 spiro atoms. The van der Waals surface area contributed by atoms with Crippen molar-refractivity contribution in [3.05, 3.63) is 99.7 Å². The molecule has 0 N–H and O–H groups in total. The minimum atomic E-state index is -1.34. The molecule has 0 saturated heterocycles. The van der Waals surface area contributed by atoms with Crippen LogP contribution in [0, 0.1) is 0 Å². The molecular formula is C22H17As. The molecule has 1 aliphatic heterocycles. The molecule has 23 heavy (non-hydrogen) atoms. The number of benzene rings is 3. The minimum absolute atomic E-state index is 1.30. The summed E-state index contributed by atoms with van der Waals surface area (Å²) in [6.07, 6.45) is 4.63. The number of rotatable bonds is 1. The van der Waals surface area contributed by atoms with Gasteiger partial charge in [-0.2, -0.15) is 0 Å². The molecule has 0 radical (unpaired) electrons. The van der Waals surface area contributed by atoms with E-state index >= 15 is 0 Å². The zero-order valence-electron chi connectivity index (χ0n) is 12.8. The summed E-state index contributed by atoms with van der Waals surface area (Å²) in [6, 6.07) is 28.2. The Morgan fingerprint density at radius 1 is 0.478 bits per heavy atom. The van der Waals surface area contributed by atoms with E-state index in [1.165, 1.54) is 26.6 Å². The van der Waals surface area contributed by atoms with Crippen molar-refractivity contribution in [1.82, 2.24) is 0 Å². The Kier molecular flexibility index (Phi) is 4.01. The molecule has 0 bridgehead atoms. The van der Waals surface area contributed by atoms with E-state index in [1.54, 1.807) is 0 Å². The molecule has 0 unspecified atom stereocenters. The second-order valence-corrected chi connectivity index (χ2v) is 9.59. The van der Waals surface area contributed by atoms with Crippen LogP contribution in [0.4, 0.5) is 0 Å². The van der Waals surface area contributed by atoms with Crippen LogP contribution in [0.5, 0.6) is 0 Å². The van der Waals surface area contributed by atoms with E-state index in [4.69, 9.17) is 0 Å². The fourth-order valence-electron chi connectivity index (χ4n) is 2.92. The van der Waals surface area contributed by atoms with Gasteiger partial charge in [0, 0.05) is 0 Å². The fraction of sp³-hybridized carbons (Fsp3) is 0. The van der Waals surface area contributed by atoms with Gasteiger partial charge in [-0.25, -0.2) is 0 Å². The van der Waals surface area contributed by atoms with Gasteiger partial charge >= 0.3 is 142 Å². The fourth-order valence-corrected chi connectivity index (χ4v) is 6.28. The summed E-state index contributed by atoms with van der Waals surface area (Å²) in [6.45, 7) is 0. The van der Waals surface area contributed by atoms with E-state index < -0.39 is 14.7 Å². The van der Waals surface area contributed by atoms with Crippen molar-refractivity contribution in [1.29, 1.82) is 0 Å². The molecule has 3 aromatic carbocycles. The summed E-state index contributed by atoms with van der Waals surface area (Å²) in [4.78, 5) is 4.87. The Morgan fingerprint density at radius 2 is 0.957 bits per heavy atom. The van der Waals surface area contributed by atoms with Crippen LogP contribution in [0.2, 0.25) is 0 Å². The van der Waals surface area contributed by atoms with Crippen LogP contribution in [-0.2, 0) is 0 Å². The Hall–Kier alpha value is -2.30. The van der Waals surface area contributed by atoms with Crippen molar-refractivity contribution < 1.29 is 0 Å². The molecule has 0 saturated carbocycles. The molecule has 0 nitrogen and oxygen atoms in total. The Balaban J connectivity index is 1.90. The predicted molar refractivity (Wildman–Crippen MR) is 102 cm³/mol. The Bertz CT molecular complexity index is 820. The molecule has 0 aromatic heterocycles. The summed E-state index contributed by atoms with van der Waals surface area (Å²) in [5.74, 6) is 0. The molecule has 1 aliphatic rings. The van der Waals surface area contributed by atoms with Gasteiger partial charge in [0.1, 0.15) is 0 Å². The second kappa shape index (κ2) is 6.44. The summed E-state index contributed by atoms with van der Waals surface area (Å²) >= 11 is -1.34. The summed E-state index contributed by atoms with van der Waals surface area (Å²) in [5.41, 5.74) is 5.23. The van der Waals surface area contributed by atoms with Gasteiger partial charge in [0.25, 0.3) is 0 Å². The van der Waals surface area contributed by atoms with Crippen LogP contribution in [-0.4, -0.2) is 14.7 Å². The Labute approximate surface area is 142 Å². The van der Waals surface area contributed by atoms with Gasteiger partial charge in [-0.05, 0) is 0 Å². The van der Waals surface area contributed by atoms with Crippen molar-refractivity contribution >= 4 is 31.2 Å². The molecular weight excluding hydrogens is 339 g/mol. The number of hydrogen-bond acceptors (Lipinski definition) is 0. The third-order valence-electron chi connectivity index (χ3n) is 4.10. The number of hydrogen-bond donors (Lipinski definition) is 0. The molecule has 1 heteroatoms. The quantitative estimate of drug-likeness (QED) is 0.546. The van der Waals surface area contributed by atoms with E-state index in [2.05, 4.69) is 101 Å². The van der Waals surface area contributed by atoms with E-state index in [0.717, 1.165) is 0 Å². The predicted octanol–water partition coefficient (Wildman–Crippen LogP) is 4.87. The molecule has 0 amide bonds. The monoisotopic (exact) mass is 356 g/mol. The molecule has 0 atom stereocenters. The normalized spacial score (nSPS) is 15.9. The first-order chi connectivity index (χ1) is 11.4. The van der Waals surface area contributed by atoms with Gasteiger partial charge in [0.2, 0.25) is 0 Å². The maximum atomic E-state index is 2.43. The second-order valence-electron chi connectivity index (χ2n) is 5.55. The van der Waals surface area contributed by atoms with Crippen LogP contribution in [0.15, 0.2) is 88.6 Å². The van der Waals surface area contributed by atoms with Gasteiger partial charge in [0.15, 0.2) is 0 Å². The van der Waals surface area contributed by atoms with Gasteiger partial charge in [-0.3, -0.25) is 0 Å². The molecule has 1 heterocycles. The van der Waals surface area contributed by atoms with E-state index in [9.17, 15) is 0 Å². The van der Waals surface area contributed by atoms with Crippen molar-refractivity contribution in [2.24, 2.45) is 0 Å². The average Bonchev–Trinajstić information content (AvgIpc) is 2.70. The first-order valence-electron chi connectivity index (χ1n) is 7.80. The zero-order valence-corrected chi connectivity index (χ0v) is 14.6. The Morgan fingerprint density at radius 3 is 1.52 bits per heavy atom. The van der Waals surface area contributed by atoms with E-state index in [-0.39, 0.29) is 0 Å². The van der Waals surface area contributed by atoms with Gasteiger partial charge in [-0.1, -0.05) is 0 Å². The molecule has 110 valence electrons. The van der Waals surface area contributed by atoms with Crippen molar-refractivity contribution in [3.8, 4) is 11.1 Å². The third-order valence-corrected chi connectivity index (χ3v) is 7.95. The maximum absolute atomic E-state index is 2.43. The summed E-state index contributed by atoms with van der Waals surface area (Å²) in [7, 11) is 0. The molecule has 3 aromatic rings. The third kappa shape index (κ3) is 2.95. The van der Waals surface area contributed by atoms with Crippen molar-refractivity contribution in [3.63, 3.8) is 0 Å². The molecule has 0 fully saturated rings. The first kappa shape index (κ1) is 14.3. The van der Waals surface area contributed by atoms with E-state index in [1.807, 2.05) is 0 Å². The van der Waals surface area contributed by atoms with Crippen LogP contribution in [0.3, 0.4) is 0 Å². The van der Waals surface area contributed by atoms with Gasteiger partial charge < -0.3 is 0 Å².